The molecular formula is C21H23N3O4. The molecule has 1 saturated carbocycles. The minimum Gasteiger partial charge on any atom is -0.366 e. The second-order valence-electron chi connectivity index (χ2n) is 8.64. The number of rotatable bonds is 3. The van der Waals surface area contributed by atoms with Gasteiger partial charge >= 0.3 is 0 Å². The first-order valence-electron chi connectivity index (χ1n) is 10.0. The molecule has 7 nitrogen and oxygen atoms in total. The van der Waals surface area contributed by atoms with E-state index in [0.717, 1.165) is 32.4 Å². The van der Waals surface area contributed by atoms with Crippen molar-refractivity contribution < 1.29 is 14.5 Å². The minimum atomic E-state index is -0.408. The molecule has 2 saturated heterocycles. The van der Waals surface area contributed by atoms with Crippen LogP contribution in [0, 0.1) is 39.7 Å². The van der Waals surface area contributed by atoms with Gasteiger partial charge in [-0.05, 0) is 49.1 Å². The van der Waals surface area contributed by atoms with Gasteiger partial charge in [-0.2, -0.15) is 0 Å². The smallest absolute Gasteiger partial charge is 0.294 e. The summed E-state index contributed by atoms with van der Waals surface area (Å²) in [7, 11) is 0. The quantitative estimate of drug-likeness (QED) is 0.348. The third-order valence-electron chi connectivity index (χ3n) is 6.88. The van der Waals surface area contributed by atoms with Gasteiger partial charge in [0.15, 0.2) is 0 Å². The van der Waals surface area contributed by atoms with E-state index in [4.69, 9.17) is 0 Å². The second-order valence-corrected chi connectivity index (χ2v) is 8.64. The molecule has 1 aromatic carbocycles. The van der Waals surface area contributed by atoms with Crippen molar-refractivity contribution >= 4 is 28.9 Å². The number of amides is 2. The lowest BCUT2D eigenvalue weighted by Gasteiger charge is -2.32. The Bertz CT molecular complexity index is 881. The third-order valence-corrected chi connectivity index (χ3v) is 6.88. The van der Waals surface area contributed by atoms with Crippen molar-refractivity contribution in [1.82, 2.24) is 0 Å². The zero-order valence-corrected chi connectivity index (χ0v) is 15.8. The number of nitro benzene ring substituents is 1. The highest BCUT2D eigenvalue weighted by atomic mass is 16.6. The van der Waals surface area contributed by atoms with Gasteiger partial charge in [0.2, 0.25) is 11.8 Å². The summed E-state index contributed by atoms with van der Waals surface area (Å²) < 4.78 is 0. The van der Waals surface area contributed by atoms with Gasteiger partial charge in [0.05, 0.1) is 22.4 Å². The van der Waals surface area contributed by atoms with Crippen LogP contribution in [0.5, 0.6) is 0 Å². The van der Waals surface area contributed by atoms with Gasteiger partial charge in [0, 0.05) is 19.2 Å². The number of hydrogen-bond acceptors (Lipinski definition) is 5. The first kappa shape index (κ1) is 17.4. The number of carbonyl (C=O) groups is 2. The molecule has 1 aromatic rings. The van der Waals surface area contributed by atoms with E-state index in [2.05, 4.69) is 6.92 Å². The number of allylic oxidation sites excluding steroid dienone is 2. The first-order chi connectivity index (χ1) is 13.5. The number of nitrogens with zero attached hydrogens (tertiary/aromatic N) is 3. The molecule has 2 bridgehead atoms. The van der Waals surface area contributed by atoms with E-state index in [0.29, 0.717) is 17.3 Å². The van der Waals surface area contributed by atoms with Gasteiger partial charge in [-0.25, -0.2) is 4.90 Å². The van der Waals surface area contributed by atoms with Gasteiger partial charge < -0.3 is 4.90 Å². The summed E-state index contributed by atoms with van der Waals surface area (Å²) in [5.74, 6) is -0.285. The van der Waals surface area contributed by atoms with E-state index in [1.54, 1.807) is 12.1 Å². The molecule has 0 radical (unpaired) electrons. The van der Waals surface area contributed by atoms with Crippen LogP contribution in [-0.4, -0.2) is 29.8 Å². The van der Waals surface area contributed by atoms with Crippen molar-refractivity contribution in [3.63, 3.8) is 0 Å². The van der Waals surface area contributed by atoms with Crippen LogP contribution in [0.1, 0.15) is 26.2 Å². The fourth-order valence-electron chi connectivity index (χ4n) is 5.63. The number of carbonyl (C=O) groups excluding carboxylic acids is 2. The van der Waals surface area contributed by atoms with Crippen LogP contribution in [-0.2, 0) is 9.59 Å². The molecule has 5 atom stereocenters. The summed E-state index contributed by atoms with van der Waals surface area (Å²) in [4.78, 5) is 40.6. The number of fused-ring (bicyclic) bond motifs is 5. The largest absolute Gasteiger partial charge is 0.366 e. The lowest BCUT2D eigenvalue weighted by molar-refractivity contribution is -0.384. The van der Waals surface area contributed by atoms with Gasteiger partial charge in [0.25, 0.3) is 5.69 Å². The molecule has 2 aliphatic carbocycles. The van der Waals surface area contributed by atoms with Crippen LogP contribution in [0.25, 0.3) is 0 Å². The Hall–Kier alpha value is -2.70. The Morgan fingerprint density at radius 1 is 1.11 bits per heavy atom. The zero-order chi connectivity index (χ0) is 19.6. The van der Waals surface area contributed by atoms with E-state index in [1.807, 2.05) is 17.1 Å². The summed E-state index contributed by atoms with van der Waals surface area (Å²) in [6, 6.07) is 4.79. The van der Waals surface area contributed by atoms with Crippen molar-refractivity contribution in [2.24, 2.45) is 29.6 Å². The Morgan fingerprint density at radius 2 is 1.79 bits per heavy atom. The minimum absolute atomic E-state index is 0.0367. The second kappa shape index (κ2) is 6.15. The number of imide groups is 1. The molecule has 28 heavy (non-hydrogen) atoms. The van der Waals surface area contributed by atoms with Crippen molar-refractivity contribution in [2.45, 2.75) is 26.2 Å². The Morgan fingerprint density at radius 3 is 2.39 bits per heavy atom. The van der Waals surface area contributed by atoms with Gasteiger partial charge in [-0.1, -0.05) is 19.1 Å². The van der Waals surface area contributed by atoms with E-state index in [1.165, 1.54) is 11.0 Å². The molecule has 7 heteroatoms. The highest BCUT2D eigenvalue weighted by Gasteiger charge is 2.59. The predicted molar refractivity (Wildman–Crippen MR) is 104 cm³/mol. The summed E-state index contributed by atoms with van der Waals surface area (Å²) in [5, 5.41) is 11.8. The molecule has 146 valence electrons. The van der Waals surface area contributed by atoms with Crippen LogP contribution < -0.4 is 9.80 Å². The normalized spacial score (nSPS) is 33.7. The maximum absolute atomic E-state index is 13.0. The van der Waals surface area contributed by atoms with Gasteiger partial charge in [-0.15, -0.1) is 0 Å². The van der Waals surface area contributed by atoms with Crippen LogP contribution in [0.3, 0.4) is 0 Å². The van der Waals surface area contributed by atoms with Crippen LogP contribution in [0.4, 0.5) is 17.1 Å². The monoisotopic (exact) mass is 381 g/mol. The average molecular weight is 381 g/mol. The standard InChI is InChI=1S/C21H23N3O4/c1-12-3-2-8-22(11-12)16-7-6-15(10-17(16)24(27)28)23-20(25)18-13-4-5-14(9-13)19(18)21(23)26/h4-7,10,12-14,18-19H,2-3,8-9,11H2,1H3. The average Bonchev–Trinajstić information content (AvgIpc) is 3.35. The SMILES string of the molecule is CC1CCCN(c2ccc(N3C(=O)C4C5C=CC(C5)C4C3=O)cc2[N+](=O)[O-])C1. The fourth-order valence-corrected chi connectivity index (χ4v) is 5.63. The molecule has 2 amide bonds. The van der Waals surface area contributed by atoms with E-state index < -0.39 is 4.92 Å². The Labute approximate surface area is 163 Å². The number of piperidine rings is 1. The Balaban J connectivity index is 1.50. The van der Waals surface area contributed by atoms with Crippen LogP contribution >= 0.6 is 0 Å². The molecular weight excluding hydrogens is 358 g/mol. The molecule has 5 rings (SSSR count). The van der Waals surface area contributed by atoms with E-state index >= 15 is 0 Å². The van der Waals surface area contributed by atoms with Crippen molar-refractivity contribution in [1.29, 1.82) is 0 Å². The highest BCUT2D eigenvalue weighted by Crippen LogP contribution is 2.53. The summed E-state index contributed by atoms with van der Waals surface area (Å²) in [6.07, 6.45) is 7.08. The topological polar surface area (TPSA) is 83.8 Å². The molecule has 4 aliphatic rings. The maximum Gasteiger partial charge on any atom is 0.294 e. The lowest BCUT2D eigenvalue weighted by Crippen LogP contribution is -2.35. The number of anilines is 2. The molecule has 0 aromatic heterocycles. The number of nitro groups is 1. The molecule has 2 aliphatic heterocycles. The fraction of sp³-hybridized carbons (Fsp3) is 0.524. The van der Waals surface area contributed by atoms with Crippen molar-refractivity contribution in [3.05, 3.63) is 40.5 Å². The highest BCUT2D eigenvalue weighted by molar-refractivity contribution is 6.23. The van der Waals surface area contributed by atoms with Crippen LogP contribution in [0.2, 0.25) is 0 Å². The van der Waals surface area contributed by atoms with Crippen molar-refractivity contribution in [3.8, 4) is 0 Å². The summed E-state index contributed by atoms with van der Waals surface area (Å²) in [5.41, 5.74) is 0.857. The van der Waals surface area contributed by atoms with Crippen LogP contribution in [0.15, 0.2) is 30.4 Å². The van der Waals surface area contributed by atoms with Crippen molar-refractivity contribution in [2.75, 3.05) is 22.9 Å². The van der Waals surface area contributed by atoms with E-state index in [9.17, 15) is 19.7 Å². The van der Waals surface area contributed by atoms with Gasteiger partial charge in [-0.3, -0.25) is 19.7 Å². The molecule has 0 N–H and O–H groups in total. The Kier molecular flexibility index (Phi) is 3.82. The molecule has 0 spiro atoms. The summed E-state index contributed by atoms with van der Waals surface area (Å²) >= 11 is 0. The first-order valence-corrected chi connectivity index (χ1v) is 10.0. The maximum atomic E-state index is 13.0. The molecule has 2 heterocycles. The molecule has 5 unspecified atom stereocenters. The number of hydrogen-bond donors (Lipinski definition) is 0. The summed E-state index contributed by atoms with van der Waals surface area (Å²) in [6.45, 7) is 3.71. The molecule has 3 fully saturated rings. The zero-order valence-electron chi connectivity index (χ0n) is 15.8. The third kappa shape index (κ3) is 2.41. The predicted octanol–water partition coefficient (Wildman–Crippen LogP) is 3.14. The van der Waals surface area contributed by atoms with E-state index in [-0.39, 0.29) is 41.2 Å². The lowest BCUT2D eigenvalue weighted by atomic mass is 9.85. The number of benzene rings is 1. The van der Waals surface area contributed by atoms with Gasteiger partial charge in [0.1, 0.15) is 5.69 Å².